The molecule has 2 nitrogen and oxygen atoms in total. The van der Waals surface area contributed by atoms with Crippen molar-refractivity contribution in [2.24, 2.45) is 11.1 Å². The maximum Gasteiger partial charge on any atom is 0.0273 e. The number of hydrogen-bond acceptors (Lipinski definition) is 2. The molecule has 1 aliphatic carbocycles. The number of nitrogens with two attached hydrogens (primary N) is 1. The Hall–Kier alpha value is -1.67. The zero-order valence-electron chi connectivity index (χ0n) is 11.5. The van der Waals surface area contributed by atoms with Gasteiger partial charge in [0, 0.05) is 18.4 Å². The van der Waals surface area contributed by atoms with Crippen LogP contribution in [0.5, 0.6) is 0 Å². The van der Waals surface area contributed by atoms with E-state index >= 15 is 0 Å². The van der Waals surface area contributed by atoms with Crippen LogP contribution in [-0.2, 0) is 0 Å². The van der Waals surface area contributed by atoms with Crippen LogP contribution in [0.3, 0.4) is 0 Å². The third-order valence-electron chi connectivity index (χ3n) is 4.67. The van der Waals surface area contributed by atoms with Gasteiger partial charge >= 0.3 is 0 Å². The number of nitrogens with zero attached hydrogens (tertiary/aromatic N) is 1. The summed E-state index contributed by atoms with van der Waals surface area (Å²) in [7, 11) is 0. The smallest absolute Gasteiger partial charge is 0.0273 e. The number of benzene rings is 1. The van der Waals surface area contributed by atoms with E-state index in [1.165, 1.54) is 16.7 Å². The predicted octanol–water partition coefficient (Wildman–Crippen LogP) is 3.59. The summed E-state index contributed by atoms with van der Waals surface area (Å²) in [4.78, 5) is 4.05. The van der Waals surface area contributed by atoms with Gasteiger partial charge in [-0.05, 0) is 46.6 Å². The fourth-order valence-corrected chi connectivity index (χ4v) is 2.98. The molecule has 0 saturated heterocycles. The first-order valence-electron chi connectivity index (χ1n) is 6.85. The van der Waals surface area contributed by atoms with Gasteiger partial charge in [-0.2, -0.15) is 0 Å². The lowest BCUT2D eigenvalue weighted by Crippen LogP contribution is -2.52. The molecule has 2 atom stereocenters. The molecule has 1 heterocycles. The quantitative estimate of drug-likeness (QED) is 0.887. The second kappa shape index (κ2) is 4.46. The molecule has 1 aromatic carbocycles. The summed E-state index contributed by atoms with van der Waals surface area (Å²) in [6, 6.07) is 13.3. The average molecular weight is 252 g/mol. The van der Waals surface area contributed by atoms with E-state index < -0.39 is 0 Å². The van der Waals surface area contributed by atoms with Gasteiger partial charge in [-0.25, -0.2) is 0 Å². The molecule has 1 aliphatic rings. The Bertz CT molecular complexity index is 558. The van der Waals surface area contributed by atoms with Gasteiger partial charge in [0.25, 0.3) is 0 Å². The molecule has 2 aromatic rings. The van der Waals surface area contributed by atoms with Crippen molar-refractivity contribution < 1.29 is 0 Å². The van der Waals surface area contributed by atoms with E-state index in [9.17, 15) is 0 Å². The second-order valence-corrected chi connectivity index (χ2v) is 6.07. The highest BCUT2D eigenvalue weighted by Crippen LogP contribution is 2.51. The van der Waals surface area contributed by atoms with E-state index in [0.29, 0.717) is 12.0 Å². The zero-order valence-corrected chi connectivity index (χ0v) is 11.5. The van der Waals surface area contributed by atoms with Crippen molar-refractivity contribution in [3.8, 4) is 11.1 Å². The van der Waals surface area contributed by atoms with Crippen molar-refractivity contribution in [3.05, 3.63) is 54.4 Å². The molecule has 0 bridgehead atoms. The van der Waals surface area contributed by atoms with Crippen LogP contribution in [-0.4, -0.2) is 11.0 Å². The maximum atomic E-state index is 6.10. The van der Waals surface area contributed by atoms with Crippen molar-refractivity contribution in [1.82, 2.24) is 4.98 Å². The molecular formula is C17H20N2. The first-order valence-corrected chi connectivity index (χ1v) is 6.85. The molecule has 0 aliphatic heterocycles. The van der Waals surface area contributed by atoms with Crippen LogP contribution in [0.15, 0.2) is 48.8 Å². The Morgan fingerprint density at radius 3 is 2.11 bits per heavy atom. The highest BCUT2D eigenvalue weighted by Gasteiger charge is 2.46. The van der Waals surface area contributed by atoms with Gasteiger partial charge in [0.15, 0.2) is 0 Å². The van der Waals surface area contributed by atoms with Gasteiger partial charge in [-0.15, -0.1) is 0 Å². The van der Waals surface area contributed by atoms with Gasteiger partial charge in [0.1, 0.15) is 0 Å². The predicted molar refractivity (Wildman–Crippen MR) is 78.8 cm³/mol. The Balaban J connectivity index is 1.85. The Labute approximate surface area is 114 Å². The van der Waals surface area contributed by atoms with E-state index in [4.69, 9.17) is 5.73 Å². The van der Waals surface area contributed by atoms with Crippen molar-refractivity contribution in [2.45, 2.75) is 32.2 Å². The average Bonchev–Trinajstić information content (AvgIpc) is 2.46. The van der Waals surface area contributed by atoms with E-state index in [2.05, 4.69) is 43.1 Å². The molecule has 1 aromatic heterocycles. The summed E-state index contributed by atoms with van der Waals surface area (Å²) in [5.41, 5.74) is 10.2. The fraction of sp³-hybridized carbons (Fsp3) is 0.353. The highest BCUT2D eigenvalue weighted by molar-refractivity contribution is 5.63. The standard InChI is InChI=1S/C17H20N2/c1-17(2)15(11-16(17)18)14-5-3-12(4-6-14)13-7-9-19-10-8-13/h3-10,15-16H,11,18H2,1-2H3. The lowest BCUT2D eigenvalue weighted by molar-refractivity contribution is 0.0984. The molecule has 2 heteroatoms. The molecule has 0 radical (unpaired) electrons. The molecule has 2 N–H and O–H groups in total. The number of aromatic nitrogens is 1. The van der Waals surface area contributed by atoms with E-state index in [0.717, 1.165) is 6.42 Å². The summed E-state index contributed by atoms with van der Waals surface area (Å²) < 4.78 is 0. The third-order valence-corrected chi connectivity index (χ3v) is 4.67. The highest BCUT2D eigenvalue weighted by atomic mass is 14.8. The monoisotopic (exact) mass is 252 g/mol. The summed E-state index contributed by atoms with van der Waals surface area (Å²) in [6.07, 6.45) is 4.76. The van der Waals surface area contributed by atoms with Crippen LogP contribution < -0.4 is 5.73 Å². The minimum absolute atomic E-state index is 0.220. The van der Waals surface area contributed by atoms with E-state index in [1.807, 2.05) is 24.5 Å². The lowest BCUT2D eigenvalue weighted by atomic mass is 9.57. The van der Waals surface area contributed by atoms with Gasteiger partial charge in [0.2, 0.25) is 0 Å². The molecule has 3 rings (SSSR count). The largest absolute Gasteiger partial charge is 0.327 e. The van der Waals surface area contributed by atoms with Crippen LogP contribution in [0.2, 0.25) is 0 Å². The third kappa shape index (κ3) is 2.06. The van der Waals surface area contributed by atoms with Gasteiger partial charge in [-0.1, -0.05) is 38.1 Å². The second-order valence-electron chi connectivity index (χ2n) is 6.07. The van der Waals surface area contributed by atoms with Gasteiger partial charge in [0.05, 0.1) is 0 Å². The zero-order chi connectivity index (χ0) is 13.5. The van der Waals surface area contributed by atoms with Crippen LogP contribution >= 0.6 is 0 Å². The van der Waals surface area contributed by atoms with E-state index in [1.54, 1.807) is 0 Å². The van der Waals surface area contributed by atoms with Crippen LogP contribution in [0.1, 0.15) is 31.7 Å². The molecule has 1 fully saturated rings. The topological polar surface area (TPSA) is 38.9 Å². The molecule has 2 unspecified atom stereocenters. The Morgan fingerprint density at radius 2 is 1.58 bits per heavy atom. The molecule has 1 saturated carbocycles. The molecule has 0 spiro atoms. The summed E-state index contributed by atoms with van der Waals surface area (Å²) in [5, 5.41) is 0. The normalized spacial score (nSPS) is 24.8. The summed E-state index contributed by atoms with van der Waals surface area (Å²) >= 11 is 0. The maximum absolute atomic E-state index is 6.10. The molecule has 19 heavy (non-hydrogen) atoms. The first kappa shape index (κ1) is 12.4. The van der Waals surface area contributed by atoms with Crippen molar-refractivity contribution in [1.29, 1.82) is 0 Å². The lowest BCUT2D eigenvalue weighted by Gasteiger charge is -2.50. The van der Waals surface area contributed by atoms with Crippen molar-refractivity contribution >= 4 is 0 Å². The van der Waals surface area contributed by atoms with Crippen LogP contribution in [0, 0.1) is 5.41 Å². The SMILES string of the molecule is CC1(C)C(N)CC1c1ccc(-c2ccncc2)cc1. The van der Waals surface area contributed by atoms with Gasteiger partial charge < -0.3 is 5.73 Å². The van der Waals surface area contributed by atoms with Crippen LogP contribution in [0.25, 0.3) is 11.1 Å². The summed E-state index contributed by atoms with van der Waals surface area (Å²) in [5.74, 6) is 0.592. The van der Waals surface area contributed by atoms with Crippen molar-refractivity contribution in [2.75, 3.05) is 0 Å². The fourth-order valence-electron chi connectivity index (χ4n) is 2.98. The Morgan fingerprint density at radius 1 is 1.00 bits per heavy atom. The summed E-state index contributed by atoms with van der Waals surface area (Å²) in [6.45, 7) is 4.53. The first-order chi connectivity index (χ1) is 9.09. The molecule has 0 amide bonds. The molecular weight excluding hydrogens is 232 g/mol. The minimum atomic E-state index is 0.220. The number of pyridine rings is 1. The van der Waals surface area contributed by atoms with Crippen LogP contribution in [0.4, 0.5) is 0 Å². The molecule has 98 valence electrons. The number of rotatable bonds is 2. The van der Waals surface area contributed by atoms with Crippen molar-refractivity contribution in [3.63, 3.8) is 0 Å². The minimum Gasteiger partial charge on any atom is -0.327 e. The Kier molecular flexibility index (Phi) is 2.90. The van der Waals surface area contributed by atoms with Gasteiger partial charge in [-0.3, -0.25) is 4.98 Å². The number of hydrogen-bond donors (Lipinski definition) is 1. The van der Waals surface area contributed by atoms with E-state index in [-0.39, 0.29) is 5.41 Å².